The van der Waals surface area contributed by atoms with Gasteiger partial charge in [0.05, 0.1) is 30.4 Å². The number of benzene rings is 2. The van der Waals surface area contributed by atoms with Crippen molar-refractivity contribution in [3.05, 3.63) is 48.5 Å². The molecule has 10 heteroatoms. The van der Waals surface area contributed by atoms with E-state index in [-0.39, 0.29) is 11.5 Å². The van der Waals surface area contributed by atoms with Crippen LogP contribution in [0.1, 0.15) is 13.8 Å². The number of carboxylic acid groups (broad SMARTS) is 1. The Balaban J connectivity index is 1.71. The predicted octanol–water partition coefficient (Wildman–Crippen LogP) is 3.05. The minimum Gasteiger partial charge on any atom is -0.497 e. The third kappa shape index (κ3) is 6.09. The van der Waals surface area contributed by atoms with Crippen LogP contribution in [0, 0.1) is 0 Å². The van der Waals surface area contributed by atoms with Gasteiger partial charge in [-0.2, -0.15) is 0 Å². The van der Waals surface area contributed by atoms with Crippen molar-refractivity contribution in [2.75, 3.05) is 19.5 Å². The molecule has 1 aliphatic rings. The maximum Gasteiger partial charge on any atom is 0.405 e. The van der Waals surface area contributed by atoms with Crippen LogP contribution < -0.4 is 14.8 Å². The lowest BCUT2D eigenvalue weighted by Crippen LogP contribution is -2.48. The molecule has 1 heterocycles. The lowest BCUT2D eigenvalue weighted by Gasteiger charge is -2.24. The molecule has 0 radical (unpaired) electrons. The number of amides is 1. The molecule has 2 aromatic rings. The van der Waals surface area contributed by atoms with Gasteiger partial charge in [-0.05, 0) is 62.4 Å². The Bertz CT molecular complexity index is 1000. The zero-order valence-electron chi connectivity index (χ0n) is 17.4. The van der Waals surface area contributed by atoms with Crippen molar-refractivity contribution in [2.24, 2.45) is 0 Å². The van der Waals surface area contributed by atoms with E-state index in [0.717, 1.165) is 0 Å². The van der Waals surface area contributed by atoms with Crippen LogP contribution in [0.25, 0.3) is 0 Å². The van der Waals surface area contributed by atoms with Crippen molar-refractivity contribution in [1.29, 1.82) is 0 Å². The van der Waals surface area contributed by atoms with Crippen LogP contribution in [0.15, 0.2) is 53.4 Å². The number of hydrogen-bond acceptors (Lipinski definition) is 7. The molecule has 2 aromatic carbocycles. The molecule has 1 fully saturated rings. The summed E-state index contributed by atoms with van der Waals surface area (Å²) in [4.78, 5) is 11.2. The highest BCUT2D eigenvalue weighted by molar-refractivity contribution is 7.91. The minimum absolute atomic E-state index is 0.0462. The quantitative estimate of drug-likeness (QED) is 0.628. The highest BCUT2D eigenvalue weighted by Gasteiger charge is 2.40. The molecule has 0 spiro atoms. The molecular formula is C21H25NO8S. The number of nitrogens with one attached hydrogen (secondary N) is 1. The summed E-state index contributed by atoms with van der Waals surface area (Å²) in [7, 11) is -2.24. The van der Waals surface area contributed by atoms with Crippen molar-refractivity contribution >= 4 is 15.9 Å². The van der Waals surface area contributed by atoms with E-state index < -0.39 is 39.6 Å². The van der Waals surface area contributed by atoms with E-state index in [1.54, 1.807) is 45.2 Å². The summed E-state index contributed by atoms with van der Waals surface area (Å²) >= 11 is 0. The summed E-state index contributed by atoms with van der Waals surface area (Å²) in [5, 5.41) is 11.4. The van der Waals surface area contributed by atoms with Crippen molar-refractivity contribution in [2.45, 2.75) is 36.7 Å². The zero-order valence-corrected chi connectivity index (χ0v) is 18.2. The number of methoxy groups -OCH3 is 1. The first kappa shape index (κ1) is 22.9. The smallest absolute Gasteiger partial charge is 0.405 e. The van der Waals surface area contributed by atoms with Gasteiger partial charge in [-0.3, -0.25) is 0 Å². The summed E-state index contributed by atoms with van der Waals surface area (Å²) in [6.07, 6.45) is -2.06. The standard InChI is InChI=1S/C21H25NO8S/c1-21(2)28-12-19(30-21)18(22-20(23)24)13-31(25,26)17-10-8-16(9-11-17)29-15-6-4-14(27-3)5-7-15/h4-11,18-19,22H,12-13H2,1-3H3,(H,23,24)/t18-,19-/m1/s1. The Morgan fingerprint density at radius 3 is 2.16 bits per heavy atom. The third-order valence-electron chi connectivity index (χ3n) is 4.67. The molecule has 0 unspecified atom stereocenters. The molecule has 1 aliphatic heterocycles. The minimum atomic E-state index is -3.81. The summed E-state index contributed by atoms with van der Waals surface area (Å²) in [6.45, 7) is 3.45. The summed E-state index contributed by atoms with van der Waals surface area (Å²) < 4.78 is 47.7. The van der Waals surface area contributed by atoms with E-state index in [1.807, 2.05) is 0 Å². The first-order chi connectivity index (χ1) is 14.6. The molecule has 9 nitrogen and oxygen atoms in total. The lowest BCUT2D eigenvalue weighted by molar-refractivity contribution is -0.140. The molecule has 2 atom stereocenters. The molecule has 3 rings (SSSR count). The highest BCUT2D eigenvalue weighted by atomic mass is 32.2. The predicted molar refractivity (Wildman–Crippen MR) is 111 cm³/mol. The van der Waals surface area contributed by atoms with E-state index in [0.29, 0.717) is 17.2 Å². The van der Waals surface area contributed by atoms with Gasteiger partial charge in [0.15, 0.2) is 15.6 Å². The first-order valence-electron chi connectivity index (χ1n) is 9.54. The maximum atomic E-state index is 12.9. The molecule has 168 valence electrons. The second-order valence-corrected chi connectivity index (χ2v) is 9.49. The number of ether oxygens (including phenoxy) is 4. The lowest BCUT2D eigenvalue weighted by atomic mass is 10.2. The van der Waals surface area contributed by atoms with Gasteiger partial charge in [0.1, 0.15) is 23.4 Å². The Labute approximate surface area is 180 Å². The Hall–Kier alpha value is -2.82. The maximum absolute atomic E-state index is 12.9. The molecule has 0 aromatic heterocycles. The SMILES string of the molecule is COc1ccc(Oc2ccc(S(=O)(=O)C[C@@H](NC(=O)O)[C@H]3COC(C)(C)O3)cc2)cc1. The second-order valence-electron chi connectivity index (χ2n) is 7.45. The van der Waals surface area contributed by atoms with Crippen LogP contribution in [0.2, 0.25) is 0 Å². The highest BCUT2D eigenvalue weighted by Crippen LogP contribution is 2.27. The van der Waals surface area contributed by atoms with E-state index in [9.17, 15) is 13.2 Å². The van der Waals surface area contributed by atoms with Gasteiger partial charge in [-0.15, -0.1) is 0 Å². The molecular weight excluding hydrogens is 426 g/mol. The summed E-state index contributed by atoms with van der Waals surface area (Å²) in [5.41, 5.74) is 0. The van der Waals surface area contributed by atoms with Crippen molar-refractivity contribution < 1.29 is 37.3 Å². The van der Waals surface area contributed by atoms with Crippen LogP contribution in [0.5, 0.6) is 17.2 Å². The number of rotatable bonds is 8. The van der Waals surface area contributed by atoms with Gasteiger partial charge in [-0.25, -0.2) is 13.2 Å². The van der Waals surface area contributed by atoms with E-state index in [4.69, 9.17) is 24.1 Å². The van der Waals surface area contributed by atoms with Gasteiger partial charge in [0.2, 0.25) is 0 Å². The van der Waals surface area contributed by atoms with E-state index in [1.165, 1.54) is 24.3 Å². The second kappa shape index (κ2) is 9.13. The fraction of sp³-hybridized carbons (Fsp3) is 0.381. The normalized spacial score (nSPS) is 18.9. The van der Waals surface area contributed by atoms with Crippen molar-refractivity contribution in [3.63, 3.8) is 0 Å². The summed E-state index contributed by atoms with van der Waals surface area (Å²) in [5.74, 6) is 0.343. The topological polar surface area (TPSA) is 120 Å². The Morgan fingerprint density at radius 2 is 1.68 bits per heavy atom. The zero-order chi connectivity index (χ0) is 22.6. The Kier molecular flexibility index (Phi) is 6.73. The average Bonchev–Trinajstić information content (AvgIpc) is 3.08. The molecule has 1 saturated heterocycles. The van der Waals surface area contributed by atoms with Gasteiger partial charge in [-0.1, -0.05) is 0 Å². The number of sulfone groups is 1. The first-order valence-corrected chi connectivity index (χ1v) is 11.2. The molecule has 0 bridgehead atoms. The van der Waals surface area contributed by atoms with Gasteiger partial charge >= 0.3 is 6.09 Å². The van der Waals surface area contributed by atoms with Gasteiger partial charge in [0.25, 0.3) is 0 Å². The van der Waals surface area contributed by atoms with E-state index in [2.05, 4.69) is 5.32 Å². The number of hydrogen-bond donors (Lipinski definition) is 2. The largest absolute Gasteiger partial charge is 0.497 e. The van der Waals surface area contributed by atoms with Crippen LogP contribution in [0.4, 0.5) is 4.79 Å². The van der Waals surface area contributed by atoms with Gasteiger partial charge in [0, 0.05) is 0 Å². The van der Waals surface area contributed by atoms with Crippen molar-refractivity contribution in [1.82, 2.24) is 5.32 Å². The fourth-order valence-corrected chi connectivity index (χ4v) is 4.66. The van der Waals surface area contributed by atoms with E-state index >= 15 is 0 Å². The van der Waals surface area contributed by atoms with Crippen molar-refractivity contribution in [3.8, 4) is 17.2 Å². The van der Waals surface area contributed by atoms with Crippen LogP contribution >= 0.6 is 0 Å². The van der Waals surface area contributed by atoms with Crippen LogP contribution in [-0.2, 0) is 19.3 Å². The molecule has 31 heavy (non-hydrogen) atoms. The number of carbonyl (C=O) groups is 1. The average molecular weight is 451 g/mol. The monoisotopic (exact) mass is 451 g/mol. The fourth-order valence-electron chi connectivity index (χ4n) is 3.14. The summed E-state index contributed by atoms with van der Waals surface area (Å²) in [6, 6.07) is 11.9. The van der Waals surface area contributed by atoms with Gasteiger partial charge < -0.3 is 29.4 Å². The van der Waals surface area contributed by atoms with Crippen LogP contribution in [0.3, 0.4) is 0 Å². The molecule has 1 amide bonds. The molecule has 0 aliphatic carbocycles. The Morgan fingerprint density at radius 1 is 1.13 bits per heavy atom. The molecule has 0 saturated carbocycles. The molecule has 2 N–H and O–H groups in total. The third-order valence-corrected chi connectivity index (χ3v) is 6.45. The van der Waals surface area contributed by atoms with Crippen LogP contribution in [-0.4, -0.2) is 57.0 Å².